The SMILES string of the molecule is COc1c(CC(NC(=O)CC2(C[N+](=O)[O-])CCC(CNC(=O)OC(C)(C)C)CC2)B2OC3CC4CC(C4(C)C)C3(C)O2)cccc1C(=O)OC(C)(C)C. The molecule has 53 heavy (non-hydrogen) atoms. The standard InChI is InChI=1S/C39H60BN3O10/c1-35(2,3)50-33(45)27-13-11-12-25(32(27)49-10)18-30(40-52-29-20-26-19-28(37(26,7)8)38(29,9)53-40)42-31(44)21-39(23-43(47)48)16-14-24(15-17-39)22-41-34(46)51-36(4,5)6/h11-13,24,26,28-30H,14-23H2,1-10H3,(H,41,46)(H,42,44). The zero-order chi connectivity index (χ0) is 39.1. The van der Waals surface area contributed by atoms with Crippen LogP contribution in [0.5, 0.6) is 5.75 Å². The number of para-hydroxylation sites is 1. The van der Waals surface area contributed by atoms with Gasteiger partial charge in [0.2, 0.25) is 12.5 Å². The van der Waals surface area contributed by atoms with Gasteiger partial charge in [-0.05, 0) is 128 Å². The minimum Gasteiger partial charge on any atom is -0.496 e. The Morgan fingerprint density at radius 2 is 1.70 bits per heavy atom. The van der Waals surface area contributed by atoms with Gasteiger partial charge < -0.3 is 34.2 Å². The fourth-order valence-corrected chi connectivity index (χ4v) is 9.30. The highest BCUT2D eigenvalue weighted by Gasteiger charge is 2.68. The number of carbonyl (C=O) groups is 3. The van der Waals surface area contributed by atoms with Crippen LogP contribution in [0, 0.1) is 38.7 Å². The topological polar surface area (TPSA) is 165 Å². The maximum absolute atomic E-state index is 14.1. The van der Waals surface area contributed by atoms with E-state index in [9.17, 15) is 24.5 Å². The molecule has 0 spiro atoms. The number of methoxy groups -OCH3 is 1. The van der Waals surface area contributed by atoms with Crippen molar-refractivity contribution in [1.82, 2.24) is 10.6 Å². The van der Waals surface area contributed by atoms with Gasteiger partial charge in [-0.1, -0.05) is 26.0 Å². The number of alkyl carbamates (subject to hydrolysis) is 1. The molecule has 294 valence electrons. The molecule has 2 amide bonds. The summed E-state index contributed by atoms with van der Waals surface area (Å²) >= 11 is 0. The second-order valence-electron chi connectivity index (χ2n) is 18.7. The van der Waals surface area contributed by atoms with Crippen LogP contribution in [0.4, 0.5) is 4.79 Å². The molecule has 5 unspecified atom stereocenters. The Balaban J connectivity index is 1.35. The van der Waals surface area contributed by atoms with Gasteiger partial charge in [0.05, 0.1) is 24.8 Å². The van der Waals surface area contributed by atoms with Crippen LogP contribution in [-0.4, -0.2) is 79.1 Å². The van der Waals surface area contributed by atoms with Crippen LogP contribution >= 0.6 is 0 Å². The maximum atomic E-state index is 14.1. The van der Waals surface area contributed by atoms with Gasteiger partial charge in [-0.2, -0.15) is 0 Å². The van der Waals surface area contributed by atoms with E-state index < -0.39 is 47.3 Å². The molecule has 2 N–H and O–H groups in total. The lowest BCUT2D eigenvalue weighted by Crippen LogP contribution is -2.65. The second-order valence-corrected chi connectivity index (χ2v) is 18.7. The van der Waals surface area contributed by atoms with E-state index in [1.54, 1.807) is 53.7 Å². The summed E-state index contributed by atoms with van der Waals surface area (Å²) in [5.74, 6) is -0.255. The minimum absolute atomic E-state index is 0.0447. The van der Waals surface area contributed by atoms with Crippen LogP contribution in [0.15, 0.2) is 18.2 Å². The van der Waals surface area contributed by atoms with E-state index in [1.165, 1.54) is 7.11 Å². The average molecular weight is 742 g/mol. The Labute approximate surface area is 314 Å². The van der Waals surface area contributed by atoms with Crippen molar-refractivity contribution in [2.75, 3.05) is 20.2 Å². The lowest BCUT2D eigenvalue weighted by molar-refractivity contribution is -0.499. The largest absolute Gasteiger partial charge is 0.496 e. The fraction of sp³-hybridized carbons (Fsp3) is 0.769. The van der Waals surface area contributed by atoms with Crippen molar-refractivity contribution < 1.29 is 42.8 Å². The molecule has 1 aromatic carbocycles. The summed E-state index contributed by atoms with van der Waals surface area (Å²) in [4.78, 5) is 51.2. The summed E-state index contributed by atoms with van der Waals surface area (Å²) in [6.45, 7) is 17.5. The Bertz CT molecular complexity index is 1550. The summed E-state index contributed by atoms with van der Waals surface area (Å²) < 4.78 is 30.3. The van der Waals surface area contributed by atoms with E-state index >= 15 is 0 Å². The number of ether oxygens (including phenoxy) is 3. The van der Waals surface area contributed by atoms with Crippen molar-refractivity contribution in [3.63, 3.8) is 0 Å². The molecule has 14 heteroatoms. The number of carbonyl (C=O) groups excluding carboxylic acids is 3. The number of nitrogens with zero attached hydrogens (tertiary/aromatic N) is 1. The van der Waals surface area contributed by atoms with Crippen molar-refractivity contribution in [2.24, 2.45) is 28.6 Å². The number of benzene rings is 1. The molecule has 1 aromatic rings. The Kier molecular flexibility index (Phi) is 11.6. The molecule has 4 saturated carbocycles. The number of amides is 2. The number of nitro groups is 1. The van der Waals surface area contributed by atoms with Crippen molar-refractivity contribution in [1.29, 1.82) is 0 Å². The number of esters is 1. The number of rotatable bonds is 12. The molecule has 1 saturated heterocycles. The smallest absolute Gasteiger partial charge is 0.482 e. The van der Waals surface area contributed by atoms with Gasteiger partial charge in [0.25, 0.3) is 0 Å². The third kappa shape index (κ3) is 9.29. The summed E-state index contributed by atoms with van der Waals surface area (Å²) in [6, 6.07) is 5.25. The van der Waals surface area contributed by atoms with E-state index in [0.29, 0.717) is 55.4 Å². The van der Waals surface area contributed by atoms with E-state index in [2.05, 4.69) is 31.4 Å². The molecule has 6 rings (SSSR count). The maximum Gasteiger partial charge on any atom is 0.482 e. The van der Waals surface area contributed by atoms with Crippen LogP contribution in [0.25, 0.3) is 0 Å². The number of nitrogens with one attached hydrogen (secondary N) is 2. The predicted molar refractivity (Wildman–Crippen MR) is 199 cm³/mol. The Morgan fingerprint density at radius 1 is 1.04 bits per heavy atom. The average Bonchev–Trinajstić information content (AvgIpc) is 3.39. The molecule has 2 bridgehead atoms. The molecular formula is C39H60BN3O10. The van der Waals surface area contributed by atoms with Crippen molar-refractivity contribution in [3.05, 3.63) is 39.4 Å². The molecule has 0 aromatic heterocycles. The number of hydrogen-bond acceptors (Lipinski definition) is 10. The molecular weight excluding hydrogens is 681 g/mol. The minimum atomic E-state index is -0.850. The van der Waals surface area contributed by atoms with Crippen molar-refractivity contribution in [3.8, 4) is 5.75 Å². The van der Waals surface area contributed by atoms with Crippen molar-refractivity contribution >= 4 is 25.1 Å². The van der Waals surface area contributed by atoms with Gasteiger partial charge in [-0.25, -0.2) is 9.59 Å². The summed E-state index contributed by atoms with van der Waals surface area (Å²) in [5, 5.41) is 18.0. The van der Waals surface area contributed by atoms with Crippen molar-refractivity contribution in [2.45, 2.75) is 143 Å². The van der Waals surface area contributed by atoms with Gasteiger partial charge in [-0.15, -0.1) is 0 Å². The molecule has 13 nitrogen and oxygen atoms in total. The first-order valence-electron chi connectivity index (χ1n) is 19.1. The lowest BCUT2D eigenvalue weighted by Gasteiger charge is -2.64. The Morgan fingerprint density at radius 3 is 2.28 bits per heavy atom. The molecule has 1 heterocycles. The van der Waals surface area contributed by atoms with E-state index in [0.717, 1.165) is 12.8 Å². The van der Waals surface area contributed by atoms with Gasteiger partial charge in [0, 0.05) is 23.3 Å². The molecule has 4 aliphatic carbocycles. The molecule has 5 aliphatic rings. The third-order valence-corrected chi connectivity index (χ3v) is 12.1. The quantitative estimate of drug-likeness (QED) is 0.107. The lowest BCUT2D eigenvalue weighted by atomic mass is 9.43. The first-order chi connectivity index (χ1) is 24.5. The predicted octanol–water partition coefficient (Wildman–Crippen LogP) is 6.31. The van der Waals surface area contributed by atoms with E-state index in [-0.39, 0.29) is 53.2 Å². The van der Waals surface area contributed by atoms with Crippen LogP contribution in [0.2, 0.25) is 0 Å². The van der Waals surface area contributed by atoms with Crippen LogP contribution in [0.1, 0.15) is 123 Å². The first-order valence-corrected chi connectivity index (χ1v) is 19.1. The zero-order valence-electron chi connectivity index (χ0n) is 33.3. The summed E-state index contributed by atoms with van der Waals surface area (Å²) in [5.41, 5.74) is -1.67. The van der Waals surface area contributed by atoms with Crippen LogP contribution in [0.3, 0.4) is 0 Å². The molecule has 5 atom stereocenters. The molecule has 0 radical (unpaired) electrons. The zero-order valence-corrected chi connectivity index (χ0v) is 33.3. The van der Waals surface area contributed by atoms with E-state index in [4.69, 9.17) is 23.5 Å². The molecule has 5 fully saturated rings. The number of hydrogen-bond donors (Lipinski definition) is 2. The summed E-state index contributed by atoms with van der Waals surface area (Å²) in [7, 11) is 0.703. The Hall–Kier alpha value is -3.39. The van der Waals surface area contributed by atoms with Gasteiger partial charge >= 0.3 is 19.2 Å². The van der Waals surface area contributed by atoms with E-state index in [1.807, 2.05) is 6.07 Å². The highest BCUT2D eigenvalue weighted by Crippen LogP contribution is 2.65. The highest BCUT2D eigenvalue weighted by atomic mass is 16.7. The highest BCUT2D eigenvalue weighted by molar-refractivity contribution is 6.48. The van der Waals surface area contributed by atoms with Gasteiger partial charge in [-0.3, -0.25) is 14.9 Å². The fourth-order valence-electron chi connectivity index (χ4n) is 9.30. The third-order valence-electron chi connectivity index (χ3n) is 12.1. The monoisotopic (exact) mass is 741 g/mol. The molecule has 1 aliphatic heterocycles. The van der Waals surface area contributed by atoms with Crippen LogP contribution < -0.4 is 15.4 Å². The van der Waals surface area contributed by atoms with Crippen LogP contribution in [-0.2, 0) is 30.0 Å². The summed E-state index contributed by atoms with van der Waals surface area (Å²) in [6.07, 6.45) is 3.66. The normalized spacial score (nSPS) is 29.6. The van der Waals surface area contributed by atoms with Gasteiger partial charge in [0.1, 0.15) is 22.5 Å². The second kappa shape index (κ2) is 15.0. The van der Waals surface area contributed by atoms with Gasteiger partial charge in [0.15, 0.2) is 0 Å². The first kappa shape index (κ1) is 40.8.